The number of aromatic nitrogens is 5. The summed E-state index contributed by atoms with van der Waals surface area (Å²) in [5.74, 6) is 0.886. The quantitative estimate of drug-likeness (QED) is 0.753. The number of rotatable bonds is 2. The number of nitrogens with zero attached hydrogens (tertiary/aromatic N) is 5. The first-order valence-corrected chi connectivity index (χ1v) is 7.98. The number of hydrogen-bond acceptors (Lipinski definition) is 4. The van der Waals surface area contributed by atoms with Gasteiger partial charge in [0.1, 0.15) is 11.5 Å². The fraction of sp³-hybridized carbons (Fsp3) is 0.375. The smallest absolute Gasteiger partial charge is 0.272 e. The third-order valence-electron chi connectivity index (χ3n) is 4.54. The average Bonchev–Trinajstić information content (AvgIpc) is 3.17. The lowest BCUT2D eigenvalue weighted by Crippen LogP contribution is -2.40. The van der Waals surface area contributed by atoms with Gasteiger partial charge in [0.15, 0.2) is 5.65 Å². The van der Waals surface area contributed by atoms with E-state index in [1.807, 2.05) is 28.8 Å². The summed E-state index contributed by atoms with van der Waals surface area (Å²) < 4.78 is 3.45. The predicted octanol–water partition coefficient (Wildman–Crippen LogP) is 0.776. The Hall–Kier alpha value is -2.90. The first-order chi connectivity index (χ1) is 11.6. The molecule has 124 valence electrons. The number of pyridine rings is 1. The minimum absolute atomic E-state index is 0.130. The van der Waals surface area contributed by atoms with Gasteiger partial charge in [-0.25, -0.2) is 0 Å². The van der Waals surface area contributed by atoms with Gasteiger partial charge in [0.25, 0.3) is 11.5 Å². The molecule has 0 saturated carbocycles. The number of nitrogens with one attached hydrogen (secondary N) is 1. The van der Waals surface area contributed by atoms with Crippen molar-refractivity contribution in [3.05, 3.63) is 52.3 Å². The highest BCUT2D eigenvalue weighted by molar-refractivity contribution is 5.92. The summed E-state index contributed by atoms with van der Waals surface area (Å²) in [6.45, 7) is 1.26. The van der Waals surface area contributed by atoms with Crippen LogP contribution in [-0.2, 0) is 7.05 Å². The molecule has 0 spiro atoms. The van der Waals surface area contributed by atoms with Crippen LogP contribution < -0.4 is 5.56 Å². The van der Waals surface area contributed by atoms with E-state index < -0.39 is 0 Å². The number of amides is 1. The molecular weight excluding hydrogens is 308 g/mol. The highest BCUT2D eigenvalue weighted by atomic mass is 16.2. The Labute approximate surface area is 137 Å². The zero-order chi connectivity index (χ0) is 16.7. The molecule has 0 bridgehead atoms. The van der Waals surface area contributed by atoms with E-state index in [2.05, 4.69) is 15.3 Å². The minimum atomic E-state index is -0.266. The van der Waals surface area contributed by atoms with Gasteiger partial charge in [0.05, 0.1) is 0 Å². The number of likely N-dealkylation sites (tertiary alicyclic amines) is 1. The normalized spacial score (nSPS) is 18.2. The van der Waals surface area contributed by atoms with Crippen LogP contribution in [0.15, 0.2) is 35.3 Å². The van der Waals surface area contributed by atoms with Crippen LogP contribution in [0.1, 0.15) is 35.1 Å². The first-order valence-electron chi connectivity index (χ1n) is 7.98. The number of aryl methyl sites for hydroxylation is 1. The highest BCUT2D eigenvalue weighted by Gasteiger charge is 2.29. The van der Waals surface area contributed by atoms with Gasteiger partial charge < -0.3 is 4.90 Å². The number of aromatic amines is 1. The van der Waals surface area contributed by atoms with Gasteiger partial charge in [-0.3, -0.25) is 23.8 Å². The maximum Gasteiger partial charge on any atom is 0.272 e. The van der Waals surface area contributed by atoms with E-state index in [-0.39, 0.29) is 17.4 Å². The van der Waals surface area contributed by atoms with E-state index in [1.54, 1.807) is 11.9 Å². The Morgan fingerprint density at radius 1 is 1.33 bits per heavy atom. The van der Waals surface area contributed by atoms with E-state index in [0.29, 0.717) is 18.8 Å². The van der Waals surface area contributed by atoms with Crippen molar-refractivity contribution in [2.24, 2.45) is 7.05 Å². The van der Waals surface area contributed by atoms with Gasteiger partial charge in [-0.05, 0) is 25.0 Å². The Morgan fingerprint density at radius 3 is 3.00 bits per heavy atom. The second-order valence-electron chi connectivity index (χ2n) is 6.14. The van der Waals surface area contributed by atoms with Crippen LogP contribution in [0.25, 0.3) is 5.65 Å². The summed E-state index contributed by atoms with van der Waals surface area (Å²) in [5.41, 5.74) is 0.925. The summed E-state index contributed by atoms with van der Waals surface area (Å²) in [7, 11) is 1.67. The molecule has 24 heavy (non-hydrogen) atoms. The molecule has 1 fully saturated rings. The molecule has 1 aliphatic rings. The van der Waals surface area contributed by atoms with Gasteiger partial charge >= 0.3 is 0 Å². The van der Waals surface area contributed by atoms with Crippen molar-refractivity contribution in [1.29, 1.82) is 0 Å². The molecule has 1 N–H and O–H groups in total. The second kappa shape index (κ2) is 5.63. The summed E-state index contributed by atoms with van der Waals surface area (Å²) in [4.78, 5) is 25.9. The maximum atomic E-state index is 12.7. The zero-order valence-corrected chi connectivity index (χ0v) is 13.3. The van der Waals surface area contributed by atoms with Crippen LogP contribution in [0, 0.1) is 0 Å². The Bertz CT molecular complexity index is 953. The number of fused-ring (bicyclic) bond motifs is 1. The van der Waals surface area contributed by atoms with Gasteiger partial charge in [0, 0.05) is 38.3 Å². The third kappa shape index (κ3) is 2.40. The van der Waals surface area contributed by atoms with E-state index in [9.17, 15) is 9.59 Å². The number of piperidine rings is 1. The molecule has 1 amide bonds. The molecule has 0 aliphatic carbocycles. The Kier molecular flexibility index (Phi) is 3.44. The summed E-state index contributed by atoms with van der Waals surface area (Å²) in [6, 6.07) is 7.13. The summed E-state index contributed by atoms with van der Waals surface area (Å²) in [5, 5.41) is 11.1. The number of hydrogen-bond donors (Lipinski definition) is 1. The predicted molar refractivity (Wildman–Crippen MR) is 86.9 cm³/mol. The number of carbonyl (C=O) groups excluding carboxylic acids is 1. The van der Waals surface area contributed by atoms with E-state index in [0.717, 1.165) is 24.3 Å². The second-order valence-corrected chi connectivity index (χ2v) is 6.14. The molecule has 0 aromatic carbocycles. The van der Waals surface area contributed by atoms with Crippen LogP contribution in [0.2, 0.25) is 0 Å². The van der Waals surface area contributed by atoms with Crippen molar-refractivity contribution in [2.75, 3.05) is 13.1 Å². The molecular formula is C16H18N6O2. The van der Waals surface area contributed by atoms with Crippen molar-refractivity contribution in [3.63, 3.8) is 0 Å². The molecule has 8 heteroatoms. The number of H-pyrrole nitrogens is 1. The SMILES string of the molecule is Cn1[nH]c(=O)cc1C(=O)N1CCCC(c2nnc3ccccn23)C1. The van der Waals surface area contributed by atoms with Crippen molar-refractivity contribution < 1.29 is 4.79 Å². The molecule has 4 heterocycles. The topological polar surface area (TPSA) is 88.3 Å². The van der Waals surface area contributed by atoms with Crippen molar-refractivity contribution >= 4 is 11.6 Å². The molecule has 1 aliphatic heterocycles. The van der Waals surface area contributed by atoms with Gasteiger partial charge in [-0.15, -0.1) is 10.2 Å². The lowest BCUT2D eigenvalue weighted by atomic mass is 9.97. The zero-order valence-electron chi connectivity index (χ0n) is 13.3. The fourth-order valence-electron chi connectivity index (χ4n) is 3.36. The van der Waals surface area contributed by atoms with Crippen molar-refractivity contribution in [3.8, 4) is 0 Å². The molecule has 1 unspecified atom stereocenters. The van der Waals surface area contributed by atoms with Crippen LogP contribution in [0.4, 0.5) is 0 Å². The van der Waals surface area contributed by atoms with E-state index >= 15 is 0 Å². The monoisotopic (exact) mass is 326 g/mol. The average molecular weight is 326 g/mol. The Morgan fingerprint density at radius 2 is 2.21 bits per heavy atom. The maximum absolute atomic E-state index is 12.7. The van der Waals surface area contributed by atoms with Gasteiger partial charge in [-0.1, -0.05) is 6.07 Å². The van der Waals surface area contributed by atoms with E-state index in [1.165, 1.54) is 10.7 Å². The van der Waals surface area contributed by atoms with E-state index in [4.69, 9.17) is 0 Å². The van der Waals surface area contributed by atoms with Crippen LogP contribution in [0.3, 0.4) is 0 Å². The minimum Gasteiger partial charge on any atom is -0.337 e. The van der Waals surface area contributed by atoms with Crippen LogP contribution in [0.5, 0.6) is 0 Å². The molecule has 1 atom stereocenters. The fourth-order valence-corrected chi connectivity index (χ4v) is 3.36. The number of carbonyl (C=O) groups is 1. The molecule has 1 saturated heterocycles. The van der Waals surface area contributed by atoms with Crippen LogP contribution in [-0.4, -0.2) is 48.3 Å². The molecule has 3 aromatic rings. The van der Waals surface area contributed by atoms with Crippen molar-refractivity contribution in [1.82, 2.24) is 29.3 Å². The van der Waals surface area contributed by atoms with Crippen molar-refractivity contribution in [2.45, 2.75) is 18.8 Å². The molecule has 0 radical (unpaired) electrons. The Balaban J connectivity index is 1.61. The van der Waals surface area contributed by atoms with Crippen LogP contribution >= 0.6 is 0 Å². The first kappa shape index (κ1) is 14.7. The lowest BCUT2D eigenvalue weighted by molar-refractivity contribution is 0.0693. The molecule has 3 aromatic heterocycles. The van der Waals surface area contributed by atoms with Gasteiger partial charge in [0.2, 0.25) is 0 Å². The largest absolute Gasteiger partial charge is 0.337 e. The summed E-state index contributed by atoms with van der Waals surface area (Å²) >= 11 is 0. The highest BCUT2D eigenvalue weighted by Crippen LogP contribution is 2.26. The molecule has 4 rings (SSSR count). The van der Waals surface area contributed by atoms with Gasteiger partial charge in [-0.2, -0.15) is 0 Å². The lowest BCUT2D eigenvalue weighted by Gasteiger charge is -2.31. The standard InChI is InChI=1S/C16H18N6O2/c1-20-12(9-14(23)19-20)16(24)21-7-4-5-11(10-21)15-18-17-13-6-2-3-8-22(13)15/h2-3,6,8-9,11H,4-5,7,10H2,1H3,(H,19,23). The third-order valence-corrected chi connectivity index (χ3v) is 4.54. The summed E-state index contributed by atoms with van der Waals surface area (Å²) in [6.07, 6.45) is 3.81. The molecule has 8 nitrogen and oxygen atoms in total.